The van der Waals surface area contributed by atoms with Crippen LogP contribution < -0.4 is 10.6 Å². The van der Waals surface area contributed by atoms with Gasteiger partial charge < -0.3 is 10.6 Å². The van der Waals surface area contributed by atoms with Crippen LogP contribution in [0.5, 0.6) is 0 Å². The first-order chi connectivity index (χ1) is 13.3. The predicted octanol–water partition coefficient (Wildman–Crippen LogP) is 2.81. The molecule has 0 saturated heterocycles. The van der Waals surface area contributed by atoms with Crippen LogP contribution in [-0.4, -0.2) is 41.2 Å². The zero-order valence-corrected chi connectivity index (χ0v) is 14.8. The molecular weight excluding hydrogens is 342 g/mol. The van der Waals surface area contributed by atoms with Crippen LogP contribution >= 0.6 is 0 Å². The van der Waals surface area contributed by atoms with E-state index in [2.05, 4.69) is 40.8 Å². The van der Waals surface area contributed by atoms with Crippen molar-refractivity contribution in [2.45, 2.75) is 19.8 Å². The maximum Gasteiger partial charge on any atom is 0.242 e. The number of anilines is 3. The summed E-state index contributed by atoms with van der Waals surface area (Å²) in [7, 11) is 0. The Hall–Kier alpha value is -3.49. The van der Waals surface area contributed by atoms with Gasteiger partial charge in [-0.25, -0.2) is 9.55 Å². The summed E-state index contributed by atoms with van der Waals surface area (Å²) in [4.78, 5) is 18.3. The summed E-state index contributed by atoms with van der Waals surface area (Å²) in [5, 5.41) is 13.5. The number of nitrogens with zero attached hydrogens (tertiary/aromatic N) is 6. The zero-order chi connectivity index (χ0) is 18.2. The number of para-hydroxylation sites is 2. The molecule has 1 aromatic carbocycles. The monoisotopic (exact) mass is 361 g/mol. The Morgan fingerprint density at radius 1 is 1.11 bits per heavy atom. The Kier molecular flexibility index (Phi) is 3.70. The number of aromatic nitrogens is 7. The third kappa shape index (κ3) is 3.19. The SMILES string of the molecule is Cc1nc(NCC2CC2)nc(-n2c(Nc3cc[nH]n3)nc3ccccc32)n1. The van der Waals surface area contributed by atoms with Gasteiger partial charge in [0, 0.05) is 18.8 Å². The van der Waals surface area contributed by atoms with Crippen LogP contribution in [0.3, 0.4) is 0 Å². The minimum Gasteiger partial charge on any atom is -0.354 e. The molecule has 27 heavy (non-hydrogen) atoms. The number of rotatable bonds is 6. The highest BCUT2D eigenvalue weighted by Crippen LogP contribution is 2.29. The van der Waals surface area contributed by atoms with Crippen LogP contribution in [0.1, 0.15) is 18.7 Å². The largest absolute Gasteiger partial charge is 0.354 e. The van der Waals surface area contributed by atoms with Gasteiger partial charge in [0.05, 0.1) is 11.0 Å². The van der Waals surface area contributed by atoms with Crippen molar-refractivity contribution in [1.29, 1.82) is 0 Å². The summed E-state index contributed by atoms with van der Waals surface area (Å²) in [6, 6.07) is 9.72. The molecular formula is C18H19N9. The van der Waals surface area contributed by atoms with Crippen molar-refractivity contribution in [2.75, 3.05) is 17.2 Å². The van der Waals surface area contributed by atoms with E-state index in [4.69, 9.17) is 0 Å². The number of benzene rings is 1. The van der Waals surface area contributed by atoms with Gasteiger partial charge in [-0.05, 0) is 37.8 Å². The van der Waals surface area contributed by atoms with Crippen LogP contribution in [0.4, 0.5) is 17.7 Å². The lowest BCUT2D eigenvalue weighted by Gasteiger charge is -2.10. The third-order valence-electron chi connectivity index (χ3n) is 4.48. The van der Waals surface area contributed by atoms with Crippen LogP contribution in [0, 0.1) is 12.8 Å². The lowest BCUT2D eigenvalue weighted by atomic mass is 10.3. The van der Waals surface area contributed by atoms with E-state index >= 15 is 0 Å². The van der Waals surface area contributed by atoms with E-state index in [0.717, 1.165) is 23.5 Å². The average Bonchev–Trinajstić information content (AvgIpc) is 3.21. The molecule has 1 saturated carbocycles. The molecule has 5 rings (SSSR count). The minimum absolute atomic E-state index is 0.521. The summed E-state index contributed by atoms with van der Waals surface area (Å²) < 4.78 is 1.89. The number of hydrogen-bond donors (Lipinski definition) is 3. The molecule has 0 spiro atoms. The third-order valence-corrected chi connectivity index (χ3v) is 4.48. The predicted molar refractivity (Wildman–Crippen MR) is 102 cm³/mol. The van der Waals surface area contributed by atoms with Crippen molar-refractivity contribution in [3.05, 3.63) is 42.4 Å². The molecule has 0 amide bonds. The van der Waals surface area contributed by atoms with E-state index in [1.165, 1.54) is 12.8 Å². The highest BCUT2D eigenvalue weighted by atomic mass is 15.3. The van der Waals surface area contributed by atoms with Gasteiger partial charge in [-0.3, -0.25) is 5.10 Å². The first-order valence-electron chi connectivity index (χ1n) is 8.97. The summed E-state index contributed by atoms with van der Waals surface area (Å²) >= 11 is 0. The van der Waals surface area contributed by atoms with E-state index in [0.29, 0.717) is 29.5 Å². The minimum atomic E-state index is 0.521. The van der Waals surface area contributed by atoms with Crippen molar-refractivity contribution < 1.29 is 0 Å². The second-order valence-electron chi connectivity index (χ2n) is 6.67. The van der Waals surface area contributed by atoms with Crippen molar-refractivity contribution in [3.8, 4) is 5.95 Å². The molecule has 1 fully saturated rings. The molecule has 4 aromatic rings. The molecule has 3 N–H and O–H groups in total. The smallest absolute Gasteiger partial charge is 0.242 e. The Balaban J connectivity index is 1.60. The molecule has 1 aliphatic rings. The molecule has 0 radical (unpaired) electrons. The van der Waals surface area contributed by atoms with E-state index in [1.54, 1.807) is 6.20 Å². The fourth-order valence-electron chi connectivity index (χ4n) is 2.96. The van der Waals surface area contributed by atoms with Crippen molar-refractivity contribution >= 4 is 28.7 Å². The average molecular weight is 361 g/mol. The van der Waals surface area contributed by atoms with E-state index < -0.39 is 0 Å². The highest BCUT2D eigenvalue weighted by molar-refractivity contribution is 5.81. The molecule has 136 valence electrons. The van der Waals surface area contributed by atoms with Crippen molar-refractivity contribution in [2.24, 2.45) is 5.92 Å². The Labute approximate surface area is 155 Å². The first kappa shape index (κ1) is 15.7. The molecule has 3 heterocycles. The summed E-state index contributed by atoms with van der Waals surface area (Å²) in [5.74, 6) is 3.77. The van der Waals surface area contributed by atoms with Gasteiger partial charge in [-0.2, -0.15) is 20.1 Å². The fourth-order valence-corrected chi connectivity index (χ4v) is 2.96. The number of imidazole rings is 1. The summed E-state index contributed by atoms with van der Waals surface area (Å²) in [5.41, 5.74) is 1.76. The van der Waals surface area contributed by atoms with E-state index in [-0.39, 0.29) is 0 Å². The normalized spacial score (nSPS) is 13.8. The molecule has 0 atom stereocenters. The summed E-state index contributed by atoms with van der Waals surface area (Å²) in [6.07, 6.45) is 4.30. The maximum absolute atomic E-state index is 4.68. The van der Waals surface area contributed by atoms with Gasteiger partial charge in [-0.15, -0.1) is 0 Å². The number of aromatic amines is 1. The van der Waals surface area contributed by atoms with Gasteiger partial charge in [-0.1, -0.05) is 12.1 Å². The molecule has 0 unspecified atom stereocenters. The Morgan fingerprint density at radius 2 is 2.00 bits per heavy atom. The molecule has 9 heteroatoms. The molecule has 1 aliphatic carbocycles. The van der Waals surface area contributed by atoms with Gasteiger partial charge >= 0.3 is 0 Å². The van der Waals surface area contributed by atoms with Gasteiger partial charge in [0.15, 0.2) is 5.82 Å². The first-order valence-corrected chi connectivity index (χ1v) is 8.97. The quantitative estimate of drug-likeness (QED) is 0.484. The van der Waals surface area contributed by atoms with Crippen molar-refractivity contribution in [3.63, 3.8) is 0 Å². The standard InChI is InChI=1S/C18H19N9/c1-11-21-16(19-10-12-6-7-12)25-17(22-11)27-14-5-3-2-4-13(14)23-18(27)24-15-8-9-20-26-15/h2-5,8-9,12H,6-7,10H2,1H3,(H,19,21,22,25)(H2,20,23,24,26). The van der Waals surface area contributed by atoms with Gasteiger partial charge in [0.1, 0.15) is 5.82 Å². The summed E-state index contributed by atoms with van der Waals surface area (Å²) in [6.45, 7) is 2.76. The topological polar surface area (TPSA) is 109 Å². The van der Waals surface area contributed by atoms with E-state index in [9.17, 15) is 0 Å². The maximum atomic E-state index is 4.68. The molecule has 3 aromatic heterocycles. The second kappa shape index (κ2) is 6.35. The Morgan fingerprint density at radius 3 is 2.81 bits per heavy atom. The number of nitrogens with one attached hydrogen (secondary N) is 3. The Bertz CT molecular complexity index is 1080. The lowest BCUT2D eigenvalue weighted by molar-refractivity contribution is 0.841. The van der Waals surface area contributed by atoms with Crippen LogP contribution in [0.2, 0.25) is 0 Å². The van der Waals surface area contributed by atoms with Crippen LogP contribution in [-0.2, 0) is 0 Å². The van der Waals surface area contributed by atoms with Gasteiger partial charge in [0.25, 0.3) is 0 Å². The highest BCUT2D eigenvalue weighted by Gasteiger charge is 2.22. The van der Waals surface area contributed by atoms with Gasteiger partial charge in [0.2, 0.25) is 17.8 Å². The second-order valence-corrected chi connectivity index (χ2v) is 6.67. The number of fused-ring (bicyclic) bond motifs is 1. The number of hydrogen-bond acceptors (Lipinski definition) is 7. The van der Waals surface area contributed by atoms with E-state index in [1.807, 2.05) is 41.8 Å². The van der Waals surface area contributed by atoms with Crippen LogP contribution in [0.25, 0.3) is 17.0 Å². The molecule has 0 bridgehead atoms. The zero-order valence-electron chi connectivity index (χ0n) is 14.8. The van der Waals surface area contributed by atoms with Crippen LogP contribution in [0.15, 0.2) is 36.5 Å². The molecule has 0 aliphatic heterocycles. The fraction of sp³-hybridized carbons (Fsp3) is 0.278. The molecule has 9 nitrogen and oxygen atoms in total. The van der Waals surface area contributed by atoms with Crippen molar-refractivity contribution in [1.82, 2.24) is 34.7 Å². The number of aryl methyl sites for hydroxylation is 1. The number of H-pyrrole nitrogens is 1. The lowest BCUT2D eigenvalue weighted by Crippen LogP contribution is -2.13.